The van der Waals surface area contributed by atoms with Crippen LogP contribution in [0.4, 0.5) is 36.4 Å². The van der Waals surface area contributed by atoms with Crippen LogP contribution in [0, 0.1) is 0 Å². The molecule has 6 bridgehead atoms. The second kappa shape index (κ2) is 23.8. The molecular weight excluding hydrogens is 1350 g/mol. The molecule has 14 rings (SSSR count). The number of imidazole rings is 4. The highest BCUT2D eigenvalue weighted by Gasteiger charge is 2.56. The molecule has 0 aliphatic carbocycles. The molecule has 37 nitrogen and oxygen atoms in total. The zero-order valence-corrected chi connectivity index (χ0v) is 51.4. The van der Waals surface area contributed by atoms with Gasteiger partial charge in [-0.25, -0.2) is 67.6 Å². The monoisotopic (exact) mass is 1400 g/mol. The van der Waals surface area contributed by atoms with Gasteiger partial charge in [-0.2, -0.15) is 4.99 Å². The van der Waals surface area contributed by atoms with Gasteiger partial charge in [-0.15, -0.1) is 0 Å². The van der Waals surface area contributed by atoms with E-state index in [-0.39, 0.29) is 62.7 Å². The standard InChI is InChI=1S/C21H25FN10O9P2S2.C20H22F2N10O8P2S2/c1-7-11-18(30-21(24)29-7)32(5-27-11)20-15-13(33)8(38-20)2-36-42(34,44)40-14-9(3-37-43(35,45)41-15)39-19(10(14)22)31-6-28-12-16(23)25-4-26-17(12)31;21-9-7-1-35-41(33,43)39-14-10(22)8(38-20(14)32-6-30-12-16(24)26-4-28-18(12)32)2-36-42(34,44)40-13(9)19(37-7)31-5-29-11-15(23)25-3-27-17(11)31/h4-6,8-10,13-15,19-20,33H,1-3H2,(H,34,44)(H,35,45)(H2,23,25,26)(H3,24,29,30);3-10,13-14,19-20H,1-2H2,(H,33,43)(H,34,44)(H2,23,25,27)(H2,24,26,28)/t8-,9-,10-,13-,14-,15-,19-,20-,42?,43?;7-,8-,9-,10-,13-,14-,19-,20-,41?,42?/m11/s1. The first kappa shape index (κ1) is 62.7. The summed E-state index contributed by atoms with van der Waals surface area (Å²) in [6, 6.07) is 0. The van der Waals surface area contributed by atoms with Crippen LogP contribution < -0.4 is 28.3 Å². The van der Waals surface area contributed by atoms with E-state index in [0.717, 1.165) is 0 Å². The van der Waals surface area contributed by atoms with E-state index >= 15 is 13.2 Å². The number of aliphatic imine (C=N–C) groups is 1. The Bertz CT molecular complexity index is 4040. The number of aliphatic hydroxyl groups is 1. The van der Waals surface area contributed by atoms with Crippen LogP contribution in [0.25, 0.3) is 39.2 Å². The van der Waals surface area contributed by atoms with Crippen molar-refractivity contribution in [3.8, 4) is 0 Å². The lowest BCUT2D eigenvalue weighted by atomic mass is 10.1. The number of alkyl halides is 3. The van der Waals surface area contributed by atoms with Gasteiger partial charge in [-0.3, -0.25) is 40.9 Å². The fraction of sp³-hybridized carbons (Fsp3) is 0.488. The Morgan fingerprint density at radius 2 is 0.944 bits per heavy atom. The number of rotatable bonds is 4. The number of guanidine groups is 1. The van der Waals surface area contributed by atoms with Crippen molar-refractivity contribution in [2.45, 2.75) is 98.4 Å². The van der Waals surface area contributed by atoms with Gasteiger partial charge < -0.3 is 80.6 Å². The second-order valence-corrected chi connectivity index (χ2v) is 31.3. The summed E-state index contributed by atoms with van der Waals surface area (Å²) in [6.45, 7) is -15.8. The number of aromatic nitrogens is 14. The van der Waals surface area contributed by atoms with Gasteiger partial charge in [0, 0.05) is 0 Å². The van der Waals surface area contributed by atoms with Crippen molar-refractivity contribution in [1.82, 2.24) is 73.4 Å². The van der Waals surface area contributed by atoms with E-state index in [1.807, 2.05) is 0 Å². The number of halogens is 3. The van der Waals surface area contributed by atoms with Crippen LogP contribution in [0.15, 0.2) is 55.9 Å². The molecule has 48 heteroatoms. The molecule has 7 aromatic rings. The van der Waals surface area contributed by atoms with E-state index in [4.69, 9.17) is 113 Å². The molecule has 0 spiro atoms. The lowest BCUT2D eigenvalue weighted by Gasteiger charge is -2.27. The van der Waals surface area contributed by atoms with E-state index in [9.17, 15) is 24.4 Å². The second-order valence-electron chi connectivity index (χ2n) is 20.1. The van der Waals surface area contributed by atoms with Crippen LogP contribution in [-0.4, -0.2) is 194 Å². The van der Waals surface area contributed by atoms with Crippen LogP contribution in [0.1, 0.15) is 30.6 Å². The summed E-state index contributed by atoms with van der Waals surface area (Å²) in [5, 5.41) is 13.9. The molecule has 478 valence electrons. The van der Waals surface area contributed by atoms with Gasteiger partial charge in [0.1, 0.15) is 96.2 Å². The molecule has 7 aliphatic rings. The molecule has 0 radical (unpaired) electrons. The number of aliphatic hydroxyl groups excluding tert-OH is 1. The number of hydrogen-bond acceptors (Lipinski definition) is 33. The Morgan fingerprint density at radius 1 is 0.539 bits per heavy atom. The molecule has 0 aromatic carbocycles. The summed E-state index contributed by atoms with van der Waals surface area (Å²) in [5.41, 5.74) is 25.2. The van der Waals surface area contributed by atoms with Crippen LogP contribution in [0.5, 0.6) is 0 Å². The van der Waals surface area contributed by atoms with Crippen LogP contribution >= 0.6 is 39.2 Å². The maximum absolute atomic E-state index is 16.0. The van der Waals surface area contributed by atoms with Gasteiger partial charge in [0.15, 0.2) is 89.6 Å². The van der Waals surface area contributed by atoms with Crippen molar-refractivity contribution in [3.63, 3.8) is 0 Å². The Morgan fingerprint density at radius 3 is 1.44 bits per heavy atom. The van der Waals surface area contributed by atoms with Crippen molar-refractivity contribution in [3.05, 3.63) is 56.6 Å². The first-order valence-corrected chi connectivity index (χ1v) is 36.2. The van der Waals surface area contributed by atoms with E-state index in [1.54, 1.807) is 0 Å². The minimum absolute atomic E-state index is 0.0174. The number of fused-ring (bicyclic) bond motifs is 11. The van der Waals surface area contributed by atoms with E-state index < -0.39 is 152 Å². The van der Waals surface area contributed by atoms with Crippen molar-refractivity contribution in [2.24, 2.45) is 10.7 Å². The average molecular weight is 1400 g/mol. The first-order valence-electron chi connectivity index (χ1n) is 25.8. The smallest absolute Gasteiger partial charge is 0.386 e. The van der Waals surface area contributed by atoms with Crippen molar-refractivity contribution < 1.29 is 92.7 Å². The van der Waals surface area contributed by atoms with E-state index in [2.05, 4.69) is 79.0 Å². The number of anilines is 3. The summed E-state index contributed by atoms with van der Waals surface area (Å²) in [6.07, 6.45) is -15.9. The number of ether oxygens (including phenoxy) is 4. The number of nitrogens with two attached hydrogens (primary N) is 4. The molecule has 14 heterocycles. The van der Waals surface area contributed by atoms with Gasteiger partial charge >= 0.3 is 27.0 Å². The van der Waals surface area contributed by atoms with Crippen molar-refractivity contribution in [2.75, 3.05) is 43.6 Å². The van der Waals surface area contributed by atoms with Crippen molar-refractivity contribution in [1.29, 1.82) is 0 Å². The number of nitrogen functional groups attached to an aromatic ring is 3. The normalized spacial score (nSPS) is 38.6. The molecule has 7 aromatic heterocycles. The third-order valence-corrected chi connectivity index (χ3v) is 20.8. The fourth-order valence-electron chi connectivity index (χ4n) is 10.5. The minimum atomic E-state index is -4.36. The maximum atomic E-state index is 16.0. The maximum Gasteiger partial charge on any atom is 0.386 e. The third kappa shape index (κ3) is 12.0. The minimum Gasteiger partial charge on any atom is -0.387 e. The highest BCUT2D eigenvalue weighted by Crippen LogP contribution is 2.60. The van der Waals surface area contributed by atoms with Crippen LogP contribution in [-0.2, 0) is 95.1 Å². The summed E-state index contributed by atoms with van der Waals surface area (Å²) in [4.78, 5) is 77.8. The molecular formula is C41H47F3N20O17P4S4. The molecule has 20 atom stereocenters. The summed E-state index contributed by atoms with van der Waals surface area (Å²) in [7, 11) is 0. The zero-order chi connectivity index (χ0) is 62.8. The van der Waals surface area contributed by atoms with Crippen LogP contribution in [0.3, 0.4) is 0 Å². The molecule has 89 heavy (non-hydrogen) atoms. The summed E-state index contributed by atoms with van der Waals surface area (Å²) < 4.78 is 135. The Kier molecular flexibility index (Phi) is 16.8. The van der Waals surface area contributed by atoms with Gasteiger partial charge in [0.2, 0.25) is 0 Å². The zero-order valence-electron chi connectivity index (χ0n) is 44.5. The van der Waals surface area contributed by atoms with Crippen molar-refractivity contribution >= 4 is 143 Å². The van der Waals surface area contributed by atoms with Crippen LogP contribution in [0.2, 0.25) is 0 Å². The number of nitrogens with zero attached hydrogens (tertiary/aromatic N) is 15. The fourth-order valence-corrected chi connectivity index (χ4v) is 16.2. The largest absolute Gasteiger partial charge is 0.387 e. The van der Waals surface area contributed by atoms with Gasteiger partial charge in [0.05, 0.1) is 57.4 Å². The average Bonchev–Trinajstić information content (AvgIpc) is 1.99. The number of nitrogens with one attached hydrogen (secondary N) is 1. The molecule has 0 amide bonds. The van der Waals surface area contributed by atoms with E-state index in [1.165, 1.54) is 62.6 Å². The summed E-state index contributed by atoms with van der Waals surface area (Å²) >= 11 is 19.6. The molecule has 6 saturated heterocycles. The molecule has 4 unspecified atom stereocenters. The molecule has 0 saturated carbocycles. The Hall–Kier alpha value is -5.05. The number of hydrogen-bond donors (Lipinski definition) is 10. The highest BCUT2D eigenvalue weighted by molar-refractivity contribution is 8.44. The Balaban J connectivity index is 0.000000164. The predicted molar refractivity (Wildman–Crippen MR) is 311 cm³/mol. The quantitative estimate of drug-likeness (QED) is 0.0866. The molecule has 6 fully saturated rings. The Labute approximate surface area is 516 Å². The highest BCUT2D eigenvalue weighted by atomic mass is 32.7. The predicted octanol–water partition coefficient (Wildman–Crippen LogP) is 0.943. The molecule has 13 N–H and O–H groups in total. The first-order chi connectivity index (χ1) is 42.2. The number of thiol groups is 1. The SMILES string of the molecule is C=C1NC(N)=Nc2c1ncn2[C@@H]1O[C@@H]2COP(O)(=S)O[C@H]3[C@@H](F)[C@H](n4cnc5c(N)ncnc54)O[C@@H]3COP(=O)(S)O[C@@H]1[C@@H]2O.Nc1ncnc2c1ncn2[C@@H]1O[C@@H]2COP(O)(=S)O[C@@H]3[C@H](F)[C@@H](COP(O)(=S)O[C@@H]1[C@@H]2F)O[C@H]3n1cnc2c(N)ncnc21. The van der Waals surface area contributed by atoms with Gasteiger partial charge in [0.25, 0.3) is 0 Å². The third-order valence-electron chi connectivity index (χ3n) is 14.6. The topological polar surface area (TPSA) is 486 Å². The lowest BCUT2D eigenvalue weighted by Crippen LogP contribution is -2.35. The lowest BCUT2D eigenvalue weighted by molar-refractivity contribution is -0.0608. The van der Waals surface area contributed by atoms with Gasteiger partial charge in [-0.1, -0.05) is 18.8 Å². The van der Waals surface area contributed by atoms with Gasteiger partial charge in [-0.05, 0) is 35.4 Å². The summed E-state index contributed by atoms with van der Waals surface area (Å²) in [5.74, 6) is 0.399. The van der Waals surface area contributed by atoms with E-state index in [0.29, 0.717) is 11.4 Å². The molecule has 7 aliphatic heterocycles.